The summed E-state index contributed by atoms with van der Waals surface area (Å²) in [5, 5.41) is 11.4. The SMILES string of the molecule is COc1ccccc1C1/C(=C(\O)c2c(OC)cccc2OC)C(=O)C(=O)N1CCCOC(C)C. The summed E-state index contributed by atoms with van der Waals surface area (Å²) >= 11 is 0. The molecule has 1 aliphatic rings. The van der Waals surface area contributed by atoms with E-state index in [1.165, 1.54) is 26.2 Å². The summed E-state index contributed by atoms with van der Waals surface area (Å²) in [6.45, 7) is 4.56. The molecule has 0 saturated carbocycles. The minimum Gasteiger partial charge on any atom is -0.506 e. The van der Waals surface area contributed by atoms with Crippen molar-refractivity contribution >= 4 is 17.4 Å². The van der Waals surface area contributed by atoms with Crippen molar-refractivity contribution in [3.8, 4) is 17.2 Å². The molecule has 1 saturated heterocycles. The first-order valence-electron chi connectivity index (χ1n) is 11.1. The number of Topliss-reactive ketones (excluding diaryl/α,β-unsaturated/α-hetero) is 1. The smallest absolute Gasteiger partial charge is 0.295 e. The Kier molecular flexibility index (Phi) is 8.17. The third-order valence-electron chi connectivity index (χ3n) is 5.63. The Balaban J connectivity index is 2.18. The van der Waals surface area contributed by atoms with Gasteiger partial charge in [0.1, 0.15) is 28.6 Å². The van der Waals surface area contributed by atoms with E-state index in [0.717, 1.165) is 0 Å². The molecule has 1 fully saturated rings. The lowest BCUT2D eigenvalue weighted by Gasteiger charge is -2.27. The molecule has 1 N–H and O–H groups in total. The first-order valence-corrected chi connectivity index (χ1v) is 11.1. The molecule has 8 nitrogen and oxygen atoms in total. The number of nitrogens with zero attached hydrogens (tertiary/aromatic N) is 1. The van der Waals surface area contributed by atoms with Crippen LogP contribution in [-0.2, 0) is 14.3 Å². The van der Waals surface area contributed by atoms with E-state index in [1.807, 2.05) is 13.8 Å². The lowest BCUT2D eigenvalue weighted by atomic mass is 9.94. The molecule has 3 rings (SSSR count). The molecule has 0 spiro atoms. The molecular formula is C26H31NO7. The van der Waals surface area contributed by atoms with Gasteiger partial charge in [0.2, 0.25) is 0 Å². The van der Waals surface area contributed by atoms with Crippen molar-refractivity contribution in [2.75, 3.05) is 34.5 Å². The predicted molar refractivity (Wildman–Crippen MR) is 127 cm³/mol. The summed E-state index contributed by atoms with van der Waals surface area (Å²) in [5.41, 5.74) is 0.736. The lowest BCUT2D eigenvalue weighted by molar-refractivity contribution is -0.140. The number of likely N-dealkylation sites (tertiary alicyclic amines) is 1. The second-order valence-corrected chi connectivity index (χ2v) is 8.05. The number of benzene rings is 2. The highest BCUT2D eigenvalue weighted by atomic mass is 16.5. The van der Waals surface area contributed by atoms with Gasteiger partial charge in [0.05, 0.1) is 39.0 Å². The highest BCUT2D eigenvalue weighted by molar-refractivity contribution is 6.46. The Morgan fingerprint density at radius 2 is 1.53 bits per heavy atom. The van der Waals surface area contributed by atoms with Crippen LogP contribution in [0.2, 0.25) is 0 Å². The fourth-order valence-electron chi connectivity index (χ4n) is 4.10. The van der Waals surface area contributed by atoms with Crippen LogP contribution in [0.15, 0.2) is 48.0 Å². The standard InChI is InChI=1S/C26H31NO7/c1-16(2)34-15-9-14-27-23(17-10-6-7-11-18(17)31-3)22(25(29)26(27)30)24(28)21-19(32-4)12-8-13-20(21)33-5/h6-8,10-13,16,23,28H,9,14-15H2,1-5H3/b24-22+. The van der Waals surface area contributed by atoms with E-state index in [1.54, 1.807) is 42.5 Å². The zero-order valence-corrected chi connectivity index (χ0v) is 20.2. The highest BCUT2D eigenvalue weighted by Gasteiger charge is 2.47. The molecule has 1 unspecified atom stereocenters. The second kappa shape index (κ2) is 11.1. The van der Waals surface area contributed by atoms with Gasteiger partial charge in [0.15, 0.2) is 0 Å². The summed E-state index contributed by atoms with van der Waals surface area (Å²) in [5.74, 6) is -0.735. The number of ether oxygens (including phenoxy) is 4. The van der Waals surface area contributed by atoms with E-state index in [9.17, 15) is 14.7 Å². The van der Waals surface area contributed by atoms with E-state index >= 15 is 0 Å². The third kappa shape index (κ3) is 4.87. The van der Waals surface area contributed by atoms with Crippen LogP contribution in [0.3, 0.4) is 0 Å². The summed E-state index contributed by atoms with van der Waals surface area (Å²) in [6, 6.07) is 11.3. The maximum Gasteiger partial charge on any atom is 0.295 e. The number of hydrogen-bond acceptors (Lipinski definition) is 7. The normalized spacial score (nSPS) is 17.4. The van der Waals surface area contributed by atoms with Gasteiger partial charge in [-0.05, 0) is 38.5 Å². The Morgan fingerprint density at radius 3 is 2.12 bits per heavy atom. The number of ketones is 1. The van der Waals surface area contributed by atoms with Crippen LogP contribution in [0.4, 0.5) is 0 Å². The minimum absolute atomic E-state index is 0.0536. The third-order valence-corrected chi connectivity index (χ3v) is 5.63. The molecule has 1 heterocycles. The summed E-state index contributed by atoms with van der Waals surface area (Å²) in [4.78, 5) is 27.9. The summed E-state index contributed by atoms with van der Waals surface area (Å²) in [6.07, 6.45) is 0.577. The molecular weight excluding hydrogens is 438 g/mol. The number of aliphatic hydroxyl groups is 1. The first kappa shape index (κ1) is 25.1. The van der Waals surface area contributed by atoms with Crippen molar-refractivity contribution in [2.45, 2.75) is 32.4 Å². The monoisotopic (exact) mass is 469 g/mol. The molecule has 182 valence electrons. The van der Waals surface area contributed by atoms with E-state index in [2.05, 4.69) is 0 Å². The number of carbonyl (C=O) groups is 2. The maximum absolute atomic E-state index is 13.3. The quantitative estimate of drug-likeness (QED) is 0.244. The highest BCUT2D eigenvalue weighted by Crippen LogP contribution is 2.45. The van der Waals surface area contributed by atoms with Gasteiger partial charge in [-0.15, -0.1) is 0 Å². The Bertz CT molecular complexity index is 1050. The summed E-state index contributed by atoms with van der Waals surface area (Å²) in [7, 11) is 4.43. The van der Waals surface area contributed by atoms with Gasteiger partial charge in [-0.25, -0.2) is 0 Å². The first-order chi connectivity index (χ1) is 16.3. The number of rotatable bonds is 10. The van der Waals surface area contributed by atoms with Gasteiger partial charge in [-0.2, -0.15) is 0 Å². The number of methoxy groups -OCH3 is 3. The Morgan fingerprint density at radius 1 is 0.941 bits per heavy atom. The molecule has 34 heavy (non-hydrogen) atoms. The van der Waals surface area contributed by atoms with Crippen LogP contribution in [0.5, 0.6) is 17.2 Å². The van der Waals surface area contributed by atoms with E-state index in [0.29, 0.717) is 35.8 Å². The van der Waals surface area contributed by atoms with Crippen molar-refractivity contribution in [1.29, 1.82) is 0 Å². The van der Waals surface area contributed by atoms with Crippen LogP contribution in [0.25, 0.3) is 5.76 Å². The number of para-hydroxylation sites is 1. The van der Waals surface area contributed by atoms with Gasteiger partial charge in [-0.1, -0.05) is 24.3 Å². The van der Waals surface area contributed by atoms with Crippen LogP contribution in [0.1, 0.15) is 37.4 Å². The van der Waals surface area contributed by atoms with Crippen LogP contribution >= 0.6 is 0 Å². The van der Waals surface area contributed by atoms with Gasteiger partial charge in [-0.3, -0.25) is 9.59 Å². The molecule has 8 heteroatoms. The molecule has 0 aromatic heterocycles. The average Bonchev–Trinajstić information content (AvgIpc) is 3.10. The predicted octanol–water partition coefficient (Wildman–Crippen LogP) is 3.95. The van der Waals surface area contributed by atoms with E-state index in [-0.39, 0.29) is 29.5 Å². The molecule has 0 bridgehead atoms. The number of amides is 1. The minimum atomic E-state index is -0.857. The Labute approximate surface area is 199 Å². The molecule has 1 aliphatic heterocycles. The molecule has 0 aliphatic carbocycles. The van der Waals surface area contributed by atoms with Crippen molar-refractivity contribution in [3.63, 3.8) is 0 Å². The lowest BCUT2D eigenvalue weighted by Crippen LogP contribution is -2.31. The fourth-order valence-corrected chi connectivity index (χ4v) is 4.10. The zero-order valence-electron chi connectivity index (χ0n) is 20.2. The van der Waals surface area contributed by atoms with Crippen molar-refractivity contribution in [1.82, 2.24) is 4.90 Å². The average molecular weight is 470 g/mol. The zero-order chi connectivity index (χ0) is 24.8. The van der Waals surface area contributed by atoms with E-state index < -0.39 is 17.7 Å². The van der Waals surface area contributed by atoms with Crippen LogP contribution in [-0.4, -0.2) is 62.3 Å². The van der Waals surface area contributed by atoms with Crippen molar-refractivity contribution in [2.24, 2.45) is 0 Å². The fraction of sp³-hybridized carbons (Fsp3) is 0.385. The molecule has 1 amide bonds. The topological polar surface area (TPSA) is 94.5 Å². The van der Waals surface area contributed by atoms with Crippen molar-refractivity contribution < 1.29 is 33.6 Å². The number of hydrogen-bond donors (Lipinski definition) is 1. The molecule has 0 radical (unpaired) electrons. The summed E-state index contributed by atoms with van der Waals surface area (Å²) < 4.78 is 22.0. The van der Waals surface area contributed by atoms with Gasteiger partial charge < -0.3 is 29.0 Å². The van der Waals surface area contributed by atoms with Crippen LogP contribution < -0.4 is 14.2 Å². The molecule has 2 aromatic carbocycles. The van der Waals surface area contributed by atoms with Gasteiger partial charge >= 0.3 is 0 Å². The van der Waals surface area contributed by atoms with Gasteiger partial charge in [0, 0.05) is 18.7 Å². The maximum atomic E-state index is 13.3. The number of aliphatic hydroxyl groups excluding tert-OH is 1. The molecule has 1 atom stereocenters. The van der Waals surface area contributed by atoms with E-state index in [4.69, 9.17) is 18.9 Å². The van der Waals surface area contributed by atoms with Crippen molar-refractivity contribution in [3.05, 3.63) is 59.2 Å². The second-order valence-electron chi connectivity index (χ2n) is 8.05. The van der Waals surface area contributed by atoms with Gasteiger partial charge in [0.25, 0.3) is 11.7 Å². The molecule has 2 aromatic rings. The largest absolute Gasteiger partial charge is 0.506 e. The van der Waals surface area contributed by atoms with Crippen LogP contribution in [0, 0.1) is 0 Å². The Hall–Kier alpha value is -3.52. The number of carbonyl (C=O) groups excluding carboxylic acids is 2.